The van der Waals surface area contributed by atoms with Gasteiger partial charge in [0.05, 0.1) is 46.8 Å². The summed E-state index contributed by atoms with van der Waals surface area (Å²) in [5.41, 5.74) is 0.906. The second-order valence-corrected chi connectivity index (χ2v) is 9.99. The van der Waals surface area contributed by atoms with Gasteiger partial charge in [0, 0.05) is 10.8 Å². The van der Waals surface area contributed by atoms with Crippen LogP contribution in [0.25, 0.3) is 21.9 Å². The molecule has 2 amide bonds. The molecule has 0 radical (unpaired) electrons. The Morgan fingerprint density at radius 1 is 1.00 bits per heavy atom. The van der Waals surface area contributed by atoms with Gasteiger partial charge in [-0.2, -0.15) is 5.26 Å². The second-order valence-electron chi connectivity index (χ2n) is 9.99. The fourth-order valence-electron chi connectivity index (χ4n) is 6.58. The molecular formula is C28H21N3O4. The number of aromatic nitrogens is 1. The molecule has 3 aliphatic rings. The number of oxazole rings is 1. The highest BCUT2D eigenvalue weighted by Gasteiger charge is 2.74. The van der Waals surface area contributed by atoms with Crippen molar-refractivity contribution >= 4 is 39.4 Å². The highest BCUT2D eigenvalue weighted by atomic mass is 16.5. The Bertz CT molecular complexity index is 1580. The van der Waals surface area contributed by atoms with Crippen LogP contribution in [0, 0.1) is 23.2 Å². The fraction of sp³-hybridized carbons (Fsp3) is 0.286. The summed E-state index contributed by atoms with van der Waals surface area (Å²) in [6.45, 7) is 1.94. The van der Waals surface area contributed by atoms with Crippen LogP contribution in [0.5, 0.6) is 0 Å². The Hall–Kier alpha value is -4.02. The monoisotopic (exact) mass is 463 g/mol. The van der Waals surface area contributed by atoms with E-state index in [1.54, 1.807) is 12.1 Å². The van der Waals surface area contributed by atoms with Crippen molar-refractivity contribution in [3.8, 4) is 6.07 Å². The lowest BCUT2D eigenvalue weighted by Gasteiger charge is -2.30. The Kier molecular flexibility index (Phi) is 3.94. The molecule has 4 atom stereocenters. The molecule has 3 unspecified atom stereocenters. The molecule has 4 aromatic rings. The molecule has 0 N–H and O–H groups in total. The summed E-state index contributed by atoms with van der Waals surface area (Å²) in [4.78, 5) is 33.8. The van der Waals surface area contributed by atoms with Crippen LogP contribution in [-0.4, -0.2) is 28.0 Å². The molecule has 4 heterocycles. The van der Waals surface area contributed by atoms with Crippen LogP contribution in [-0.2, 0) is 20.7 Å². The standard InChI is InChI=1S/C28H21N3O4/c1-27-12-13-28(35-27,14-22-30-19-8-4-5-9-21(19)34-22)24-23(27)25(32)31(26(24)33)20-11-10-16(15-29)17-6-2-3-7-18(17)20/h2-11,23-24H,12-14H2,1H3/t23?,24-,27?,28?/m0/s1. The van der Waals surface area contributed by atoms with Crippen LogP contribution in [0.15, 0.2) is 65.1 Å². The van der Waals surface area contributed by atoms with Crippen molar-refractivity contribution in [1.29, 1.82) is 5.26 Å². The van der Waals surface area contributed by atoms with Gasteiger partial charge in [0.15, 0.2) is 11.5 Å². The molecule has 7 rings (SSSR count). The van der Waals surface area contributed by atoms with E-state index in [0.29, 0.717) is 47.4 Å². The third kappa shape index (κ3) is 2.60. The average Bonchev–Trinajstić information content (AvgIpc) is 3.56. The van der Waals surface area contributed by atoms with Crippen molar-refractivity contribution in [2.24, 2.45) is 11.8 Å². The number of carbonyl (C=O) groups excluding carboxylic acids is 2. The molecule has 0 spiro atoms. The maximum absolute atomic E-state index is 14.0. The number of amides is 2. The predicted octanol–water partition coefficient (Wildman–Crippen LogP) is 4.52. The molecule has 7 heteroatoms. The van der Waals surface area contributed by atoms with E-state index in [-0.39, 0.29) is 11.8 Å². The molecule has 3 saturated heterocycles. The summed E-state index contributed by atoms with van der Waals surface area (Å²) < 4.78 is 12.5. The highest BCUT2D eigenvalue weighted by molar-refractivity contribution is 6.26. The smallest absolute Gasteiger partial charge is 0.240 e. The normalized spacial score (nSPS) is 29.3. The summed E-state index contributed by atoms with van der Waals surface area (Å²) in [6, 6.07) is 20.5. The number of hydrogen-bond acceptors (Lipinski definition) is 6. The summed E-state index contributed by atoms with van der Waals surface area (Å²) in [5.74, 6) is -1.16. The van der Waals surface area contributed by atoms with Crippen molar-refractivity contribution in [1.82, 2.24) is 4.98 Å². The molecule has 0 saturated carbocycles. The largest absolute Gasteiger partial charge is 0.441 e. The Balaban J connectivity index is 1.33. The lowest BCUT2D eigenvalue weighted by Crippen LogP contribution is -2.43. The Morgan fingerprint density at radius 2 is 1.74 bits per heavy atom. The minimum absolute atomic E-state index is 0.239. The second kappa shape index (κ2) is 6.77. The molecule has 2 bridgehead atoms. The van der Waals surface area contributed by atoms with Crippen molar-refractivity contribution < 1.29 is 18.7 Å². The SMILES string of the molecule is CC12CCC(Cc3nc4ccccc4o3)(O1)[C@@H]1C(=O)N(c3ccc(C#N)c4ccccc34)C(=O)C12. The molecule has 0 aliphatic carbocycles. The van der Waals surface area contributed by atoms with Gasteiger partial charge in [0.25, 0.3) is 0 Å². The van der Waals surface area contributed by atoms with Crippen molar-refractivity contribution in [2.75, 3.05) is 4.90 Å². The first-order chi connectivity index (χ1) is 16.9. The first-order valence-corrected chi connectivity index (χ1v) is 11.8. The number of nitriles is 1. The van der Waals surface area contributed by atoms with Crippen molar-refractivity contribution in [3.05, 3.63) is 72.1 Å². The number of rotatable bonds is 3. The summed E-state index contributed by atoms with van der Waals surface area (Å²) in [7, 11) is 0. The van der Waals surface area contributed by atoms with Gasteiger partial charge in [-0.3, -0.25) is 9.59 Å². The van der Waals surface area contributed by atoms with Gasteiger partial charge in [0.1, 0.15) is 5.52 Å². The molecule has 172 valence electrons. The lowest BCUT2D eigenvalue weighted by molar-refractivity contribution is -0.130. The zero-order valence-electron chi connectivity index (χ0n) is 19.0. The van der Waals surface area contributed by atoms with Gasteiger partial charge in [-0.15, -0.1) is 0 Å². The lowest BCUT2D eigenvalue weighted by atomic mass is 9.67. The van der Waals surface area contributed by atoms with Gasteiger partial charge < -0.3 is 9.15 Å². The summed E-state index contributed by atoms with van der Waals surface area (Å²) >= 11 is 0. The van der Waals surface area contributed by atoms with Crippen molar-refractivity contribution in [2.45, 2.75) is 37.4 Å². The number of hydrogen-bond donors (Lipinski definition) is 0. The van der Waals surface area contributed by atoms with Gasteiger partial charge in [-0.1, -0.05) is 36.4 Å². The molecule has 35 heavy (non-hydrogen) atoms. The number of fused-ring (bicyclic) bond motifs is 7. The van der Waals surface area contributed by atoms with E-state index in [2.05, 4.69) is 11.1 Å². The van der Waals surface area contributed by atoms with E-state index in [0.717, 1.165) is 10.9 Å². The van der Waals surface area contributed by atoms with Crippen LogP contribution in [0.3, 0.4) is 0 Å². The van der Waals surface area contributed by atoms with Crippen LogP contribution >= 0.6 is 0 Å². The average molecular weight is 463 g/mol. The van der Waals surface area contributed by atoms with E-state index in [4.69, 9.17) is 9.15 Å². The number of carbonyl (C=O) groups is 2. The minimum atomic E-state index is -0.843. The van der Waals surface area contributed by atoms with Gasteiger partial charge >= 0.3 is 0 Å². The molecule has 3 fully saturated rings. The van der Waals surface area contributed by atoms with Crippen LogP contribution in [0.2, 0.25) is 0 Å². The zero-order valence-corrected chi connectivity index (χ0v) is 19.0. The summed E-state index contributed by atoms with van der Waals surface area (Å²) in [6.07, 6.45) is 1.68. The van der Waals surface area contributed by atoms with E-state index in [1.807, 2.05) is 55.5 Å². The maximum atomic E-state index is 14.0. The van der Waals surface area contributed by atoms with E-state index >= 15 is 0 Å². The van der Waals surface area contributed by atoms with E-state index in [9.17, 15) is 14.9 Å². The number of para-hydroxylation sites is 2. The zero-order chi connectivity index (χ0) is 23.9. The number of ether oxygens (including phenoxy) is 1. The van der Waals surface area contributed by atoms with Gasteiger partial charge in [-0.25, -0.2) is 9.88 Å². The number of imide groups is 1. The van der Waals surface area contributed by atoms with Gasteiger partial charge in [-0.05, 0) is 44.0 Å². The van der Waals surface area contributed by atoms with E-state index < -0.39 is 23.0 Å². The highest BCUT2D eigenvalue weighted by Crippen LogP contribution is 2.62. The summed E-state index contributed by atoms with van der Waals surface area (Å²) in [5, 5.41) is 11.0. The molecular weight excluding hydrogens is 442 g/mol. The molecule has 3 aromatic carbocycles. The quantitative estimate of drug-likeness (QED) is 0.415. The number of benzene rings is 3. The fourth-order valence-corrected chi connectivity index (χ4v) is 6.58. The minimum Gasteiger partial charge on any atom is -0.441 e. The third-order valence-corrected chi connectivity index (χ3v) is 8.06. The van der Waals surface area contributed by atoms with Crippen molar-refractivity contribution in [3.63, 3.8) is 0 Å². The Labute approximate surface area is 200 Å². The molecule has 3 aliphatic heterocycles. The van der Waals surface area contributed by atoms with Crippen LogP contribution in [0.4, 0.5) is 5.69 Å². The number of nitrogens with zero attached hydrogens (tertiary/aromatic N) is 3. The number of anilines is 1. The first-order valence-electron chi connectivity index (χ1n) is 11.8. The van der Waals surface area contributed by atoms with Crippen LogP contribution in [0.1, 0.15) is 31.2 Å². The van der Waals surface area contributed by atoms with Crippen LogP contribution < -0.4 is 4.90 Å². The third-order valence-electron chi connectivity index (χ3n) is 8.06. The van der Waals surface area contributed by atoms with E-state index in [1.165, 1.54) is 4.90 Å². The first kappa shape index (κ1) is 20.4. The predicted molar refractivity (Wildman–Crippen MR) is 127 cm³/mol. The molecule has 7 nitrogen and oxygen atoms in total. The molecule has 1 aromatic heterocycles. The van der Waals surface area contributed by atoms with Gasteiger partial charge in [0.2, 0.25) is 11.8 Å². The Morgan fingerprint density at radius 3 is 2.54 bits per heavy atom. The maximum Gasteiger partial charge on any atom is 0.240 e. The topological polar surface area (TPSA) is 96.4 Å².